The fraction of sp³-hybridized carbons (Fsp3) is 0.333. The summed E-state index contributed by atoms with van der Waals surface area (Å²) in [6.07, 6.45) is -0.187. The Bertz CT molecular complexity index is 513. The molecule has 2 N–H and O–H groups in total. The van der Waals surface area contributed by atoms with Crippen LogP contribution >= 0.6 is 0 Å². The summed E-state index contributed by atoms with van der Waals surface area (Å²) in [6, 6.07) is 4.10. The SMILES string of the molecule is CN(CCC(=O)O)C(C(=O)O)c1ccc([N+](=O)[O-])cc1. The second-order valence-electron chi connectivity index (χ2n) is 4.21. The summed E-state index contributed by atoms with van der Waals surface area (Å²) >= 11 is 0. The van der Waals surface area contributed by atoms with Gasteiger partial charge in [0.15, 0.2) is 0 Å². The van der Waals surface area contributed by atoms with Crippen molar-refractivity contribution in [3.8, 4) is 0 Å². The van der Waals surface area contributed by atoms with E-state index in [1.54, 1.807) is 0 Å². The summed E-state index contributed by atoms with van der Waals surface area (Å²) in [7, 11) is 1.49. The highest BCUT2D eigenvalue weighted by atomic mass is 16.6. The molecule has 108 valence electrons. The molecule has 1 aromatic rings. The molecule has 0 bridgehead atoms. The minimum Gasteiger partial charge on any atom is -0.481 e. The third-order valence-electron chi connectivity index (χ3n) is 2.77. The predicted octanol–water partition coefficient (Wildman–Crippen LogP) is 1.13. The van der Waals surface area contributed by atoms with E-state index in [9.17, 15) is 24.8 Å². The van der Waals surface area contributed by atoms with Crippen LogP contribution in [0.4, 0.5) is 5.69 Å². The van der Waals surface area contributed by atoms with Crippen LogP contribution < -0.4 is 0 Å². The number of benzene rings is 1. The van der Waals surface area contributed by atoms with Crippen LogP contribution in [0.25, 0.3) is 0 Å². The molecule has 8 heteroatoms. The molecular weight excluding hydrogens is 268 g/mol. The Morgan fingerprint density at radius 2 is 1.85 bits per heavy atom. The summed E-state index contributed by atoms with van der Waals surface area (Å²) in [5.41, 5.74) is 0.224. The number of nitrogens with zero attached hydrogens (tertiary/aromatic N) is 2. The molecule has 0 aromatic heterocycles. The molecule has 1 unspecified atom stereocenters. The van der Waals surface area contributed by atoms with E-state index in [0.29, 0.717) is 5.56 Å². The summed E-state index contributed by atoms with van der Waals surface area (Å²) < 4.78 is 0. The molecule has 0 aliphatic rings. The van der Waals surface area contributed by atoms with E-state index in [-0.39, 0.29) is 18.7 Å². The first kappa shape index (κ1) is 15.6. The highest BCUT2D eigenvalue weighted by Gasteiger charge is 2.25. The number of hydrogen-bond donors (Lipinski definition) is 2. The molecule has 1 atom stereocenters. The molecule has 0 aliphatic heterocycles. The van der Waals surface area contributed by atoms with Gasteiger partial charge in [-0.05, 0) is 12.6 Å². The summed E-state index contributed by atoms with van der Waals surface area (Å²) in [6.45, 7) is 0.0588. The molecule has 0 radical (unpaired) electrons. The van der Waals surface area contributed by atoms with Crippen molar-refractivity contribution in [1.29, 1.82) is 0 Å². The van der Waals surface area contributed by atoms with Crippen LogP contribution in [0.15, 0.2) is 24.3 Å². The molecule has 0 amide bonds. The first-order valence-corrected chi connectivity index (χ1v) is 5.72. The molecule has 20 heavy (non-hydrogen) atoms. The maximum atomic E-state index is 11.3. The first-order chi connectivity index (χ1) is 9.32. The number of carbonyl (C=O) groups is 2. The molecular formula is C12H14N2O6. The van der Waals surface area contributed by atoms with E-state index in [0.717, 1.165) is 0 Å². The lowest BCUT2D eigenvalue weighted by Gasteiger charge is -2.24. The number of hydrogen-bond acceptors (Lipinski definition) is 5. The van der Waals surface area contributed by atoms with Gasteiger partial charge < -0.3 is 10.2 Å². The topological polar surface area (TPSA) is 121 Å². The molecule has 0 heterocycles. The van der Waals surface area contributed by atoms with Crippen molar-refractivity contribution in [3.63, 3.8) is 0 Å². The molecule has 1 rings (SSSR count). The fourth-order valence-corrected chi connectivity index (χ4v) is 1.77. The second kappa shape index (κ2) is 6.62. The van der Waals surface area contributed by atoms with Gasteiger partial charge in [-0.1, -0.05) is 12.1 Å². The third kappa shape index (κ3) is 4.02. The predicted molar refractivity (Wildman–Crippen MR) is 68.4 cm³/mol. The molecule has 0 saturated carbocycles. The lowest BCUT2D eigenvalue weighted by Crippen LogP contribution is -2.32. The summed E-state index contributed by atoms with van der Waals surface area (Å²) in [5, 5.41) is 28.4. The van der Waals surface area contributed by atoms with Crippen molar-refractivity contribution in [2.75, 3.05) is 13.6 Å². The second-order valence-corrected chi connectivity index (χ2v) is 4.21. The zero-order valence-corrected chi connectivity index (χ0v) is 10.7. The minimum atomic E-state index is -1.15. The smallest absolute Gasteiger partial charge is 0.325 e. The highest BCUT2D eigenvalue weighted by molar-refractivity contribution is 5.75. The van der Waals surface area contributed by atoms with Gasteiger partial charge in [0.25, 0.3) is 5.69 Å². The van der Waals surface area contributed by atoms with Crippen LogP contribution in [0.1, 0.15) is 18.0 Å². The standard InChI is InChI=1S/C12H14N2O6/c1-13(7-6-10(15)16)11(12(17)18)8-2-4-9(5-3-8)14(19)20/h2-5,11H,6-7H2,1H3,(H,15,16)(H,17,18). The number of likely N-dealkylation sites (N-methyl/N-ethyl adjacent to an activating group) is 1. The third-order valence-corrected chi connectivity index (χ3v) is 2.77. The number of aliphatic carboxylic acids is 2. The van der Waals surface area contributed by atoms with Gasteiger partial charge >= 0.3 is 11.9 Å². The van der Waals surface area contributed by atoms with Gasteiger partial charge in [0.2, 0.25) is 0 Å². The van der Waals surface area contributed by atoms with Gasteiger partial charge in [0, 0.05) is 18.7 Å². The van der Waals surface area contributed by atoms with Crippen LogP contribution in [0, 0.1) is 10.1 Å². The van der Waals surface area contributed by atoms with Crippen molar-refractivity contribution in [2.24, 2.45) is 0 Å². The number of rotatable bonds is 7. The van der Waals surface area contributed by atoms with Crippen LogP contribution in [0.3, 0.4) is 0 Å². The lowest BCUT2D eigenvalue weighted by molar-refractivity contribution is -0.384. The molecule has 0 spiro atoms. The number of nitro groups is 1. The van der Waals surface area contributed by atoms with Crippen LogP contribution in [0.5, 0.6) is 0 Å². The summed E-state index contributed by atoms with van der Waals surface area (Å²) in [5.74, 6) is -2.17. The van der Waals surface area contributed by atoms with Crippen molar-refractivity contribution < 1.29 is 24.7 Å². The van der Waals surface area contributed by atoms with Crippen LogP contribution in [-0.2, 0) is 9.59 Å². The summed E-state index contributed by atoms with van der Waals surface area (Å²) in [4.78, 5) is 33.1. The average molecular weight is 282 g/mol. The van der Waals surface area contributed by atoms with Crippen molar-refractivity contribution in [1.82, 2.24) is 4.90 Å². The van der Waals surface area contributed by atoms with Gasteiger partial charge in [-0.25, -0.2) is 0 Å². The largest absolute Gasteiger partial charge is 0.481 e. The van der Waals surface area contributed by atoms with E-state index < -0.39 is 22.9 Å². The van der Waals surface area contributed by atoms with E-state index in [1.165, 1.54) is 36.2 Å². The lowest BCUT2D eigenvalue weighted by atomic mass is 10.1. The molecule has 8 nitrogen and oxygen atoms in total. The average Bonchev–Trinajstić information content (AvgIpc) is 2.36. The molecule has 0 aliphatic carbocycles. The van der Waals surface area contributed by atoms with Crippen LogP contribution in [0.2, 0.25) is 0 Å². The zero-order valence-electron chi connectivity index (χ0n) is 10.7. The quantitative estimate of drug-likeness (QED) is 0.567. The van der Waals surface area contributed by atoms with Gasteiger partial charge in [0.05, 0.1) is 11.3 Å². The van der Waals surface area contributed by atoms with E-state index in [2.05, 4.69) is 0 Å². The van der Waals surface area contributed by atoms with Gasteiger partial charge in [-0.15, -0.1) is 0 Å². The molecule has 1 aromatic carbocycles. The Balaban J connectivity index is 2.92. The van der Waals surface area contributed by atoms with Gasteiger partial charge in [-0.2, -0.15) is 0 Å². The maximum Gasteiger partial charge on any atom is 0.325 e. The van der Waals surface area contributed by atoms with Crippen molar-refractivity contribution >= 4 is 17.6 Å². The van der Waals surface area contributed by atoms with Gasteiger partial charge in [-0.3, -0.25) is 24.6 Å². The van der Waals surface area contributed by atoms with Gasteiger partial charge in [0.1, 0.15) is 6.04 Å². The van der Waals surface area contributed by atoms with E-state index >= 15 is 0 Å². The maximum absolute atomic E-state index is 11.3. The Hall–Kier alpha value is -2.48. The monoisotopic (exact) mass is 282 g/mol. The Morgan fingerprint density at radius 1 is 1.30 bits per heavy atom. The Morgan fingerprint density at radius 3 is 2.25 bits per heavy atom. The van der Waals surface area contributed by atoms with Crippen molar-refractivity contribution in [2.45, 2.75) is 12.5 Å². The Kier molecular flexibility index (Phi) is 5.15. The van der Waals surface area contributed by atoms with Crippen molar-refractivity contribution in [3.05, 3.63) is 39.9 Å². The number of carboxylic acids is 2. The zero-order chi connectivity index (χ0) is 15.3. The Labute approximate surface area is 114 Å². The number of nitro benzene ring substituents is 1. The van der Waals surface area contributed by atoms with Crippen LogP contribution in [-0.4, -0.2) is 45.6 Å². The number of carboxylic acid groups (broad SMARTS) is 2. The minimum absolute atomic E-state index is 0.0588. The fourth-order valence-electron chi connectivity index (χ4n) is 1.77. The highest BCUT2D eigenvalue weighted by Crippen LogP contribution is 2.22. The molecule has 0 saturated heterocycles. The van der Waals surface area contributed by atoms with E-state index in [4.69, 9.17) is 5.11 Å². The number of non-ortho nitro benzene ring substituents is 1. The molecule has 0 fully saturated rings. The first-order valence-electron chi connectivity index (χ1n) is 5.72. The van der Waals surface area contributed by atoms with E-state index in [1.807, 2.05) is 0 Å². The normalized spacial score (nSPS) is 12.1.